The smallest absolute Gasteiger partial charge is 0.257 e. The van der Waals surface area contributed by atoms with Crippen molar-refractivity contribution in [2.75, 3.05) is 10.6 Å². The van der Waals surface area contributed by atoms with Crippen LogP contribution < -0.4 is 10.6 Å². The molecule has 0 aliphatic carbocycles. The lowest BCUT2D eigenvalue weighted by Gasteiger charge is -2.10. The fraction of sp³-hybridized carbons (Fsp3) is 0.0357. The molecule has 166 valence electrons. The molecule has 5 rings (SSSR count). The van der Waals surface area contributed by atoms with Gasteiger partial charge in [-0.05, 0) is 66.1 Å². The highest BCUT2D eigenvalue weighted by atomic mass is 19.1. The molecule has 5 nitrogen and oxygen atoms in total. The zero-order chi connectivity index (χ0) is 23.3. The van der Waals surface area contributed by atoms with E-state index in [1.165, 1.54) is 29.5 Å². The van der Waals surface area contributed by atoms with Crippen LogP contribution in [-0.4, -0.2) is 15.9 Å². The summed E-state index contributed by atoms with van der Waals surface area (Å²) in [5.41, 5.74) is 4.93. The molecule has 0 aliphatic heterocycles. The molecule has 1 amide bonds. The third-order valence-electron chi connectivity index (χ3n) is 5.45. The number of halogens is 1. The first-order chi connectivity index (χ1) is 16.6. The quantitative estimate of drug-likeness (QED) is 0.317. The van der Waals surface area contributed by atoms with Crippen LogP contribution in [0.25, 0.3) is 10.9 Å². The molecular weight excluding hydrogens is 427 g/mol. The number of aromatic nitrogens is 2. The van der Waals surface area contributed by atoms with Crippen molar-refractivity contribution in [3.05, 3.63) is 126 Å². The van der Waals surface area contributed by atoms with E-state index in [2.05, 4.69) is 32.7 Å². The van der Waals surface area contributed by atoms with Gasteiger partial charge in [-0.15, -0.1) is 0 Å². The maximum atomic E-state index is 13.7. The number of carbonyl (C=O) groups excluding carboxylic acids is 1. The van der Waals surface area contributed by atoms with Crippen LogP contribution in [0.5, 0.6) is 0 Å². The number of anilines is 3. The van der Waals surface area contributed by atoms with Crippen molar-refractivity contribution in [3.63, 3.8) is 0 Å². The van der Waals surface area contributed by atoms with Crippen molar-refractivity contribution in [2.24, 2.45) is 0 Å². The Morgan fingerprint density at radius 3 is 2.38 bits per heavy atom. The molecule has 0 radical (unpaired) electrons. The van der Waals surface area contributed by atoms with Gasteiger partial charge < -0.3 is 10.6 Å². The maximum absolute atomic E-state index is 13.7. The Balaban J connectivity index is 1.24. The van der Waals surface area contributed by atoms with E-state index in [9.17, 15) is 9.18 Å². The van der Waals surface area contributed by atoms with Crippen LogP contribution in [0.15, 0.2) is 103 Å². The van der Waals surface area contributed by atoms with Crippen molar-refractivity contribution < 1.29 is 9.18 Å². The number of nitrogens with zero attached hydrogens (tertiary/aromatic N) is 2. The molecule has 2 aromatic heterocycles. The lowest BCUT2D eigenvalue weighted by Crippen LogP contribution is -2.12. The van der Waals surface area contributed by atoms with Gasteiger partial charge in [0.2, 0.25) is 0 Å². The predicted octanol–water partition coefficient (Wildman–Crippen LogP) is 6.36. The molecule has 3 aromatic carbocycles. The number of hydrogen-bond acceptors (Lipinski definition) is 4. The number of fused-ring (bicyclic) bond motifs is 1. The van der Waals surface area contributed by atoms with Crippen LogP contribution in [0.1, 0.15) is 21.5 Å². The van der Waals surface area contributed by atoms with E-state index in [1.54, 1.807) is 30.5 Å². The molecule has 0 saturated carbocycles. The fourth-order valence-corrected chi connectivity index (χ4v) is 3.71. The summed E-state index contributed by atoms with van der Waals surface area (Å²) in [6.07, 6.45) is 3.99. The Kier molecular flexibility index (Phi) is 5.95. The minimum absolute atomic E-state index is 0.244. The van der Waals surface area contributed by atoms with Crippen LogP contribution >= 0.6 is 0 Å². The highest BCUT2D eigenvalue weighted by molar-refractivity contribution is 6.04. The lowest BCUT2D eigenvalue weighted by molar-refractivity contribution is 0.102. The van der Waals surface area contributed by atoms with E-state index in [4.69, 9.17) is 0 Å². The fourth-order valence-electron chi connectivity index (χ4n) is 3.71. The normalized spacial score (nSPS) is 10.7. The molecule has 6 heteroatoms. The van der Waals surface area contributed by atoms with Gasteiger partial charge in [-0.2, -0.15) is 0 Å². The van der Waals surface area contributed by atoms with Crippen LogP contribution in [0.3, 0.4) is 0 Å². The van der Waals surface area contributed by atoms with Crippen LogP contribution in [0, 0.1) is 5.82 Å². The van der Waals surface area contributed by atoms with Gasteiger partial charge in [-0.3, -0.25) is 9.78 Å². The lowest BCUT2D eigenvalue weighted by atomic mass is 10.0. The second-order valence-electron chi connectivity index (χ2n) is 7.89. The van der Waals surface area contributed by atoms with E-state index in [0.717, 1.165) is 6.42 Å². The molecule has 0 fully saturated rings. The third-order valence-corrected chi connectivity index (χ3v) is 5.45. The number of hydrogen-bond donors (Lipinski definition) is 2. The summed E-state index contributed by atoms with van der Waals surface area (Å²) in [7, 11) is 0. The highest BCUT2D eigenvalue weighted by Crippen LogP contribution is 2.25. The monoisotopic (exact) mass is 448 g/mol. The van der Waals surface area contributed by atoms with Gasteiger partial charge in [0.05, 0.1) is 16.8 Å². The zero-order valence-electron chi connectivity index (χ0n) is 18.2. The Labute approximate surface area is 196 Å². The minimum atomic E-state index is -0.336. The summed E-state index contributed by atoms with van der Waals surface area (Å²) in [5, 5.41) is 6.72. The summed E-state index contributed by atoms with van der Waals surface area (Å²) < 4.78 is 13.7. The van der Waals surface area contributed by atoms with Crippen molar-refractivity contribution in [1.29, 1.82) is 0 Å². The zero-order valence-corrected chi connectivity index (χ0v) is 18.2. The van der Waals surface area contributed by atoms with Gasteiger partial charge in [0.25, 0.3) is 5.91 Å². The molecule has 0 spiro atoms. The molecular formula is C28H21FN4O. The van der Waals surface area contributed by atoms with Gasteiger partial charge in [0.15, 0.2) is 0 Å². The van der Waals surface area contributed by atoms with Crippen LogP contribution in [0.2, 0.25) is 0 Å². The first kappa shape index (κ1) is 21.3. The summed E-state index contributed by atoms with van der Waals surface area (Å²) in [6.45, 7) is 0. The van der Waals surface area contributed by atoms with Crippen LogP contribution in [-0.2, 0) is 6.42 Å². The molecule has 0 unspecified atom stereocenters. The standard InChI is InChI=1S/C28H21FN4O/c29-22-9-12-25-24(17-22)26(14-15-30-25)33-27-13-8-21(18-31-27)28(34)32-23-10-6-20(7-11-23)16-19-4-2-1-3-5-19/h1-15,17-18H,16H2,(H,32,34)(H,30,31,33). The van der Waals surface area contributed by atoms with Crippen molar-refractivity contribution >= 4 is 34.0 Å². The van der Waals surface area contributed by atoms with E-state index in [-0.39, 0.29) is 11.7 Å². The maximum Gasteiger partial charge on any atom is 0.257 e. The molecule has 0 bridgehead atoms. The number of nitrogens with one attached hydrogen (secondary N) is 2. The third kappa shape index (κ3) is 4.91. The Bertz CT molecular complexity index is 1440. The number of benzene rings is 3. The number of carbonyl (C=O) groups is 1. The average molecular weight is 449 g/mol. The van der Waals surface area contributed by atoms with Gasteiger partial charge in [-0.1, -0.05) is 42.5 Å². The van der Waals surface area contributed by atoms with Gasteiger partial charge in [0.1, 0.15) is 11.6 Å². The molecule has 0 aliphatic rings. The Morgan fingerprint density at radius 1 is 0.824 bits per heavy atom. The molecule has 2 N–H and O–H groups in total. The van der Waals surface area contributed by atoms with Gasteiger partial charge in [0, 0.05) is 23.5 Å². The number of rotatable bonds is 6. The first-order valence-corrected chi connectivity index (χ1v) is 10.9. The SMILES string of the molecule is O=C(Nc1ccc(Cc2ccccc2)cc1)c1ccc(Nc2ccnc3ccc(F)cc23)nc1. The van der Waals surface area contributed by atoms with Crippen molar-refractivity contribution in [3.8, 4) is 0 Å². The molecule has 5 aromatic rings. The molecule has 2 heterocycles. The summed E-state index contributed by atoms with van der Waals surface area (Å²) >= 11 is 0. The molecule has 0 saturated heterocycles. The highest BCUT2D eigenvalue weighted by Gasteiger charge is 2.09. The second kappa shape index (κ2) is 9.50. The number of amides is 1. The van der Waals surface area contributed by atoms with Crippen molar-refractivity contribution in [2.45, 2.75) is 6.42 Å². The predicted molar refractivity (Wildman–Crippen MR) is 133 cm³/mol. The van der Waals surface area contributed by atoms with E-state index in [1.807, 2.05) is 42.5 Å². The second-order valence-corrected chi connectivity index (χ2v) is 7.89. The number of pyridine rings is 2. The minimum Gasteiger partial charge on any atom is -0.340 e. The average Bonchev–Trinajstić information content (AvgIpc) is 2.87. The first-order valence-electron chi connectivity index (χ1n) is 10.9. The summed E-state index contributed by atoms with van der Waals surface area (Å²) in [5.74, 6) is -0.0403. The van der Waals surface area contributed by atoms with Crippen LogP contribution in [0.4, 0.5) is 21.6 Å². The van der Waals surface area contributed by atoms with E-state index < -0.39 is 0 Å². The summed E-state index contributed by atoms with van der Waals surface area (Å²) in [6, 6.07) is 27.6. The topological polar surface area (TPSA) is 66.9 Å². The Hall–Kier alpha value is -4.58. The largest absolute Gasteiger partial charge is 0.340 e. The molecule has 34 heavy (non-hydrogen) atoms. The van der Waals surface area contributed by atoms with Crippen molar-refractivity contribution in [1.82, 2.24) is 9.97 Å². The summed E-state index contributed by atoms with van der Waals surface area (Å²) in [4.78, 5) is 21.2. The van der Waals surface area contributed by atoms with E-state index >= 15 is 0 Å². The van der Waals surface area contributed by atoms with Gasteiger partial charge >= 0.3 is 0 Å². The Morgan fingerprint density at radius 2 is 1.62 bits per heavy atom. The molecule has 0 atom stereocenters. The van der Waals surface area contributed by atoms with E-state index in [0.29, 0.717) is 33.7 Å². The van der Waals surface area contributed by atoms with Gasteiger partial charge in [-0.25, -0.2) is 9.37 Å².